The van der Waals surface area contributed by atoms with E-state index in [1.807, 2.05) is 23.1 Å². The highest BCUT2D eigenvalue weighted by Crippen LogP contribution is 2.24. The number of piperazine rings is 1. The van der Waals surface area contributed by atoms with Crippen LogP contribution in [0.2, 0.25) is 0 Å². The van der Waals surface area contributed by atoms with Gasteiger partial charge in [0, 0.05) is 38.4 Å². The largest absolute Gasteiger partial charge is 0.322 e. The Morgan fingerprint density at radius 2 is 1.65 bits per heavy atom. The molecule has 1 N–H and O–H groups in total. The van der Waals surface area contributed by atoms with Crippen LogP contribution in [0, 0.1) is 6.92 Å². The molecular formula is C22H29N3O. The molecule has 0 aromatic heterocycles. The lowest BCUT2D eigenvalue weighted by Crippen LogP contribution is -2.49. The van der Waals surface area contributed by atoms with E-state index in [1.54, 1.807) is 0 Å². The molecule has 0 bridgehead atoms. The van der Waals surface area contributed by atoms with Crippen molar-refractivity contribution in [3.05, 3.63) is 65.2 Å². The first-order chi connectivity index (χ1) is 12.5. The summed E-state index contributed by atoms with van der Waals surface area (Å²) in [6.45, 7) is 10.8. The van der Waals surface area contributed by atoms with Gasteiger partial charge in [-0.25, -0.2) is 4.79 Å². The number of carbonyl (C=O) groups is 1. The fourth-order valence-corrected chi connectivity index (χ4v) is 3.45. The molecule has 1 saturated heterocycles. The van der Waals surface area contributed by atoms with E-state index in [2.05, 4.69) is 61.3 Å². The van der Waals surface area contributed by atoms with Crippen LogP contribution in [0.5, 0.6) is 0 Å². The number of carbonyl (C=O) groups excluding carboxylic acids is 1. The number of benzene rings is 2. The molecule has 0 atom stereocenters. The first kappa shape index (κ1) is 18.5. The third kappa shape index (κ3) is 4.44. The Kier molecular flexibility index (Phi) is 5.94. The molecule has 2 aromatic carbocycles. The zero-order chi connectivity index (χ0) is 18.5. The van der Waals surface area contributed by atoms with E-state index in [4.69, 9.17) is 0 Å². The van der Waals surface area contributed by atoms with E-state index in [0.717, 1.165) is 38.4 Å². The second-order valence-electron chi connectivity index (χ2n) is 7.36. The Hall–Kier alpha value is -2.33. The maximum absolute atomic E-state index is 12.7. The van der Waals surface area contributed by atoms with Gasteiger partial charge in [-0.2, -0.15) is 0 Å². The van der Waals surface area contributed by atoms with Gasteiger partial charge >= 0.3 is 6.03 Å². The maximum atomic E-state index is 12.7. The van der Waals surface area contributed by atoms with Crippen LogP contribution in [0.15, 0.2) is 48.5 Å². The zero-order valence-electron chi connectivity index (χ0n) is 16.0. The number of aryl methyl sites for hydroxylation is 1. The predicted octanol–water partition coefficient (Wildman–Crippen LogP) is 4.47. The molecule has 138 valence electrons. The topological polar surface area (TPSA) is 35.6 Å². The lowest BCUT2D eigenvalue weighted by molar-refractivity contribution is 0.143. The standard InChI is InChI=1S/C22H29N3O/c1-17(2)20-10-6-7-11-21(20)23-22(26)25-14-12-24(13-15-25)16-19-9-5-4-8-18(19)3/h4-11,17H,12-16H2,1-3H3,(H,23,26). The number of amides is 2. The zero-order valence-corrected chi connectivity index (χ0v) is 16.0. The van der Waals surface area contributed by atoms with Crippen LogP contribution < -0.4 is 5.32 Å². The summed E-state index contributed by atoms with van der Waals surface area (Å²) < 4.78 is 0. The number of nitrogens with one attached hydrogen (secondary N) is 1. The van der Waals surface area contributed by atoms with Crippen LogP contribution in [0.1, 0.15) is 36.5 Å². The molecule has 4 heteroatoms. The fraction of sp³-hybridized carbons (Fsp3) is 0.409. The number of nitrogens with zero attached hydrogens (tertiary/aromatic N) is 2. The first-order valence-corrected chi connectivity index (χ1v) is 9.46. The molecule has 2 aromatic rings. The summed E-state index contributed by atoms with van der Waals surface area (Å²) in [7, 11) is 0. The fourth-order valence-electron chi connectivity index (χ4n) is 3.45. The summed E-state index contributed by atoms with van der Waals surface area (Å²) >= 11 is 0. The van der Waals surface area contributed by atoms with E-state index in [0.29, 0.717) is 5.92 Å². The van der Waals surface area contributed by atoms with Crippen molar-refractivity contribution in [2.24, 2.45) is 0 Å². The summed E-state index contributed by atoms with van der Waals surface area (Å²) in [5.74, 6) is 0.387. The van der Waals surface area contributed by atoms with Crippen molar-refractivity contribution in [3.63, 3.8) is 0 Å². The molecule has 1 aliphatic heterocycles. The Balaban J connectivity index is 1.55. The highest BCUT2D eigenvalue weighted by molar-refractivity contribution is 5.90. The third-order valence-corrected chi connectivity index (χ3v) is 5.14. The van der Waals surface area contributed by atoms with Gasteiger partial charge < -0.3 is 10.2 Å². The molecule has 4 nitrogen and oxygen atoms in total. The normalized spacial score (nSPS) is 15.3. The van der Waals surface area contributed by atoms with Crippen LogP contribution in [0.3, 0.4) is 0 Å². The van der Waals surface area contributed by atoms with Gasteiger partial charge in [0.05, 0.1) is 0 Å². The second-order valence-corrected chi connectivity index (χ2v) is 7.36. The lowest BCUT2D eigenvalue weighted by atomic mass is 10.0. The Morgan fingerprint density at radius 1 is 1.00 bits per heavy atom. The number of hydrogen-bond donors (Lipinski definition) is 1. The third-order valence-electron chi connectivity index (χ3n) is 5.14. The summed E-state index contributed by atoms with van der Waals surface area (Å²) in [6.07, 6.45) is 0. The Bertz CT molecular complexity index is 749. The van der Waals surface area contributed by atoms with Crippen molar-refractivity contribution in [2.75, 3.05) is 31.5 Å². The highest BCUT2D eigenvalue weighted by Gasteiger charge is 2.22. The first-order valence-electron chi connectivity index (χ1n) is 9.46. The summed E-state index contributed by atoms with van der Waals surface area (Å²) in [4.78, 5) is 17.0. The molecule has 0 aliphatic carbocycles. The molecule has 1 fully saturated rings. The average molecular weight is 351 g/mol. The molecular weight excluding hydrogens is 322 g/mol. The van der Waals surface area contributed by atoms with Gasteiger partial charge in [0.25, 0.3) is 0 Å². The summed E-state index contributed by atoms with van der Waals surface area (Å²) in [5.41, 5.74) is 4.81. The van der Waals surface area contributed by atoms with Crippen molar-refractivity contribution in [1.29, 1.82) is 0 Å². The number of para-hydroxylation sites is 1. The van der Waals surface area contributed by atoms with Gasteiger partial charge in [-0.05, 0) is 35.6 Å². The summed E-state index contributed by atoms with van der Waals surface area (Å²) in [6, 6.07) is 16.6. The van der Waals surface area contributed by atoms with Gasteiger partial charge in [0.15, 0.2) is 0 Å². The Morgan fingerprint density at radius 3 is 2.35 bits per heavy atom. The number of hydrogen-bond acceptors (Lipinski definition) is 2. The molecule has 0 spiro atoms. The minimum Gasteiger partial charge on any atom is -0.322 e. The second kappa shape index (κ2) is 8.37. The molecule has 3 rings (SSSR count). The van der Waals surface area contributed by atoms with Crippen molar-refractivity contribution < 1.29 is 4.79 Å². The van der Waals surface area contributed by atoms with Gasteiger partial charge in [0.2, 0.25) is 0 Å². The van der Waals surface area contributed by atoms with Gasteiger partial charge in [0.1, 0.15) is 0 Å². The predicted molar refractivity (Wildman–Crippen MR) is 108 cm³/mol. The van der Waals surface area contributed by atoms with Crippen LogP contribution in [0.4, 0.5) is 10.5 Å². The van der Waals surface area contributed by atoms with Crippen LogP contribution in [-0.4, -0.2) is 42.0 Å². The number of rotatable bonds is 4. The van der Waals surface area contributed by atoms with Crippen LogP contribution in [0.25, 0.3) is 0 Å². The van der Waals surface area contributed by atoms with Crippen molar-refractivity contribution in [3.8, 4) is 0 Å². The smallest absolute Gasteiger partial charge is 0.321 e. The molecule has 0 unspecified atom stereocenters. The molecule has 1 heterocycles. The van der Waals surface area contributed by atoms with Crippen LogP contribution >= 0.6 is 0 Å². The highest BCUT2D eigenvalue weighted by atomic mass is 16.2. The van der Waals surface area contributed by atoms with Crippen LogP contribution in [-0.2, 0) is 6.54 Å². The van der Waals surface area contributed by atoms with E-state index in [-0.39, 0.29) is 6.03 Å². The maximum Gasteiger partial charge on any atom is 0.321 e. The molecule has 2 amide bonds. The molecule has 1 aliphatic rings. The minimum absolute atomic E-state index is 0.00800. The van der Waals surface area contributed by atoms with E-state index in [1.165, 1.54) is 16.7 Å². The van der Waals surface area contributed by atoms with E-state index in [9.17, 15) is 4.79 Å². The SMILES string of the molecule is Cc1ccccc1CN1CCN(C(=O)Nc2ccccc2C(C)C)CC1. The quantitative estimate of drug-likeness (QED) is 0.882. The number of urea groups is 1. The van der Waals surface area contributed by atoms with E-state index >= 15 is 0 Å². The minimum atomic E-state index is 0.00800. The van der Waals surface area contributed by atoms with Crippen molar-refractivity contribution in [2.45, 2.75) is 33.2 Å². The average Bonchev–Trinajstić information content (AvgIpc) is 2.64. The van der Waals surface area contributed by atoms with Crippen molar-refractivity contribution in [1.82, 2.24) is 9.80 Å². The van der Waals surface area contributed by atoms with Gasteiger partial charge in [-0.3, -0.25) is 4.90 Å². The number of anilines is 1. The molecule has 0 saturated carbocycles. The van der Waals surface area contributed by atoms with Gasteiger partial charge in [-0.1, -0.05) is 56.3 Å². The Labute approximate surface area is 156 Å². The van der Waals surface area contributed by atoms with E-state index < -0.39 is 0 Å². The monoisotopic (exact) mass is 351 g/mol. The van der Waals surface area contributed by atoms with Crippen molar-refractivity contribution >= 4 is 11.7 Å². The molecule has 0 radical (unpaired) electrons. The molecule has 26 heavy (non-hydrogen) atoms. The van der Waals surface area contributed by atoms with Gasteiger partial charge in [-0.15, -0.1) is 0 Å². The summed E-state index contributed by atoms with van der Waals surface area (Å²) in [5, 5.41) is 3.10. The lowest BCUT2D eigenvalue weighted by Gasteiger charge is -2.35.